The number of ether oxygens (including phenoxy) is 1. The van der Waals surface area contributed by atoms with Crippen LogP contribution in [0.5, 0.6) is 0 Å². The van der Waals surface area contributed by atoms with Gasteiger partial charge in [0.1, 0.15) is 0 Å². The maximum absolute atomic E-state index is 4.94. The standard InChI is InChI=1S/C9H21NOS/c1-3-8-12-9-6-10-5-4-7-11-2/h10H,3-9H2,1-2H3. The van der Waals surface area contributed by atoms with Crippen molar-refractivity contribution in [2.75, 3.05) is 38.3 Å². The largest absolute Gasteiger partial charge is 0.385 e. The number of hydrogen-bond acceptors (Lipinski definition) is 3. The van der Waals surface area contributed by atoms with E-state index >= 15 is 0 Å². The van der Waals surface area contributed by atoms with Crippen molar-refractivity contribution >= 4 is 11.8 Å². The molecule has 0 rings (SSSR count). The highest BCUT2D eigenvalue weighted by molar-refractivity contribution is 7.99. The van der Waals surface area contributed by atoms with E-state index in [0.717, 1.165) is 26.1 Å². The number of nitrogens with one attached hydrogen (secondary N) is 1. The predicted molar refractivity (Wildman–Crippen MR) is 57.0 cm³/mol. The van der Waals surface area contributed by atoms with Crippen molar-refractivity contribution in [3.8, 4) is 0 Å². The van der Waals surface area contributed by atoms with Crippen LogP contribution in [0.2, 0.25) is 0 Å². The Kier molecular flexibility index (Phi) is 11.5. The van der Waals surface area contributed by atoms with Gasteiger partial charge in [-0.1, -0.05) is 6.92 Å². The van der Waals surface area contributed by atoms with Crippen LogP contribution in [0.3, 0.4) is 0 Å². The quantitative estimate of drug-likeness (QED) is 0.561. The molecule has 0 radical (unpaired) electrons. The van der Waals surface area contributed by atoms with Gasteiger partial charge in [-0.05, 0) is 25.1 Å². The molecule has 0 saturated carbocycles. The van der Waals surface area contributed by atoms with E-state index in [0.29, 0.717) is 0 Å². The first-order chi connectivity index (χ1) is 5.91. The Hall–Kier alpha value is 0.270. The summed E-state index contributed by atoms with van der Waals surface area (Å²) in [7, 11) is 1.75. The number of rotatable bonds is 9. The molecule has 74 valence electrons. The van der Waals surface area contributed by atoms with Gasteiger partial charge >= 0.3 is 0 Å². The maximum atomic E-state index is 4.94. The molecular formula is C9H21NOS. The lowest BCUT2D eigenvalue weighted by atomic mass is 10.4. The minimum absolute atomic E-state index is 0.870. The van der Waals surface area contributed by atoms with Gasteiger partial charge in [0.15, 0.2) is 0 Å². The summed E-state index contributed by atoms with van der Waals surface area (Å²) < 4.78 is 4.94. The molecule has 3 heteroatoms. The molecule has 0 fully saturated rings. The minimum Gasteiger partial charge on any atom is -0.385 e. The molecule has 0 unspecified atom stereocenters. The zero-order chi connectivity index (χ0) is 9.07. The molecule has 0 bridgehead atoms. The topological polar surface area (TPSA) is 21.3 Å². The van der Waals surface area contributed by atoms with Crippen molar-refractivity contribution in [3.63, 3.8) is 0 Å². The van der Waals surface area contributed by atoms with Crippen LogP contribution in [0.25, 0.3) is 0 Å². The Morgan fingerprint density at radius 3 is 2.75 bits per heavy atom. The Balaban J connectivity index is 2.73. The van der Waals surface area contributed by atoms with Gasteiger partial charge in [0, 0.05) is 26.0 Å². The molecule has 1 N–H and O–H groups in total. The van der Waals surface area contributed by atoms with Gasteiger partial charge in [0.25, 0.3) is 0 Å². The van der Waals surface area contributed by atoms with Crippen LogP contribution in [0.15, 0.2) is 0 Å². The van der Waals surface area contributed by atoms with Crippen molar-refractivity contribution in [1.82, 2.24) is 5.32 Å². The Morgan fingerprint density at radius 2 is 2.08 bits per heavy atom. The molecule has 0 aromatic carbocycles. The van der Waals surface area contributed by atoms with Crippen LogP contribution < -0.4 is 5.32 Å². The van der Waals surface area contributed by atoms with Crippen LogP contribution in [0, 0.1) is 0 Å². The van der Waals surface area contributed by atoms with Crippen molar-refractivity contribution in [1.29, 1.82) is 0 Å². The number of thioether (sulfide) groups is 1. The third kappa shape index (κ3) is 10.3. The summed E-state index contributed by atoms with van der Waals surface area (Å²) in [5.41, 5.74) is 0. The summed E-state index contributed by atoms with van der Waals surface area (Å²) in [6, 6.07) is 0. The molecule has 0 saturated heterocycles. The zero-order valence-electron chi connectivity index (χ0n) is 8.27. The molecule has 0 aliphatic carbocycles. The highest BCUT2D eigenvalue weighted by Gasteiger charge is 1.88. The SMILES string of the molecule is CCCSCCNCCCOC. The second-order valence-corrected chi connectivity index (χ2v) is 3.93. The van der Waals surface area contributed by atoms with E-state index in [2.05, 4.69) is 12.2 Å². The highest BCUT2D eigenvalue weighted by Crippen LogP contribution is 1.99. The molecule has 0 amide bonds. The average molecular weight is 191 g/mol. The van der Waals surface area contributed by atoms with E-state index in [1.807, 2.05) is 11.8 Å². The summed E-state index contributed by atoms with van der Waals surface area (Å²) in [4.78, 5) is 0. The van der Waals surface area contributed by atoms with Crippen LogP contribution in [-0.4, -0.2) is 38.3 Å². The van der Waals surface area contributed by atoms with E-state index in [1.165, 1.54) is 17.9 Å². The smallest absolute Gasteiger partial charge is 0.0474 e. The molecule has 0 aromatic heterocycles. The van der Waals surface area contributed by atoms with Gasteiger partial charge in [0.05, 0.1) is 0 Å². The first-order valence-corrected chi connectivity index (χ1v) is 5.84. The van der Waals surface area contributed by atoms with Crippen molar-refractivity contribution < 1.29 is 4.74 Å². The van der Waals surface area contributed by atoms with Gasteiger partial charge in [-0.3, -0.25) is 0 Å². The summed E-state index contributed by atoms with van der Waals surface area (Å²) in [6.45, 7) is 5.31. The minimum atomic E-state index is 0.870. The van der Waals surface area contributed by atoms with Crippen molar-refractivity contribution in [3.05, 3.63) is 0 Å². The Labute approximate surface area is 80.4 Å². The zero-order valence-corrected chi connectivity index (χ0v) is 9.08. The van der Waals surface area contributed by atoms with Gasteiger partial charge in [-0.25, -0.2) is 0 Å². The molecule has 0 atom stereocenters. The predicted octanol–water partition coefficient (Wildman–Crippen LogP) is 1.76. The molecule has 12 heavy (non-hydrogen) atoms. The van der Waals surface area contributed by atoms with E-state index in [9.17, 15) is 0 Å². The third-order valence-electron chi connectivity index (χ3n) is 1.47. The summed E-state index contributed by atoms with van der Waals surface area (Å²) in [5.74, 6) is 2.53. The second-order valence-electron chi connectivity index (χ2n) is 2.71. The molecule has 0 heterocycles. The first kappa shape index (κ1) is 12.3. The van der Waals surface area contributed by atoms with E-state index < -0.39 is 0 Å². The van der Waals surface area contributed by atoms with Crippen LogP contribution in [0.1, 0.15) is 19.8 Å². The van der Waals surface area contributed by atoms with Gasteiger partial charge in [-0.2, -0.15) is 11.8 Å². The van der Waals surface area contributed by atoms with Crippen molar-refractivity contribution in [2.45, 2.75) is 19.8 Å². The Morgan fingerprint density at radius 1 is 1.25 bits per heavy atom. The van der Waals surface area contributed by atoms with Crippen LogP contribution >= 0.6 is 11.8 Å². The fourth-order valence-corrected chi connectivity index (χ4v) is 1.64. The average Bonchev–Trinajstić information content (AvgIpc) is 2.10. The van der Waals surface area contributed by atoms with E-state index in [-0.39, 0.29) is 0 Å². The molecule has 2 nitrogen and oxygen atoms in total. The van der Waals surface area contributed by atoms with Crippen LogP contribution in [-0.2, 0) is 4.74 Å². The monoisotopic (exact) mass is 191 g/mol. The summed E-state index contributed by atoms with van der Waals surface area (Å²) in [5, 5.41) is 3.38. The second kappa shape index (κ2) is 11.3. The van der Waals surface area contributed by atoms with Crippen LogP contribution in [0.4, 0.5) is 0 Å². The molecule has 0 aromatic rings. The van der Waals surface area contributed by atoms with E-state index in [4.69, 9.17) is 4.74 Å². The fraction of sp³-hybridized carbons (Fsp3) is 1.00. The fourth-order valence-electron chi connectivity index (χ4n) is 0.857. The van der Waals surface area contributed by atoms with E-state index in [1.54, 1.807) is 7.11 Å². The normalized spacial score (nSPS) is 10.5. The van der Waals surface area contributed by atoms with Gasteiger partial charge in [0.2, 0.25) is 0 Å². The van der Waals surface area contributed by atoms with Gasteiger partial charge in [-0.15, -0.1) is 0 Å². The third-order valence-corrected chi connectivity index (χ3v) is 2.66. The maximum Gasteiger partial charge on any atom is 0.0474 e. The first-order valence-electron chi connectivity index (χ1n) is 4.69. The Bertz CT molecular complexity index is 70.9. The molecule has 0 aliphatic heterocycles. The number of hydrogen-bond donors (Lipinski definition) is 1. The van der Waals surface area contributed by atoms with Crippen molar-refractivity contribution in [2.24, 2.45) is 0 Å². The summed E-state index contributed by atoms with van der Waals surface area (Å²) in [6.07, 6.45) is 2.41. The van der Waals surface area contributed by atoms with Gasteiger partial charge < -0.3 is 10.1 Å². The number of methoxy groups -OCH3 is 1. The molecular weight excluding hydrogens is 170 g/mol. The molecule has 0 aliphatic rings. The lowest BCUT2D eigenvalue weighted by molar-refractivity contribution is 0.194. The lowest BCUT2D eigenvalue weighted by Crippen LogP contribution is -2.19. The molecule has 0 spiro atoms. The summed E-state index contributed by atoms with van der Waals surface area (Å²) >= 11 is 2.02. The highest BCUT2D eigenvalue weighted by atomic mass is 32.2. The lowest BCUT2D eigenvalue weighted by Gasteiger charge is -2.03.